The van der Waals surface area contributed by atoms with E-state index in [0.29, 0.717) is 53.8 Å². The number of aliphatic carboxylic acids is 1. The van der Waals surface area contributed by atoms with E-state index in [-0.39, 0.29) is 0 Å². The second-order valence-corrected chi connectivity index (χ2v) is 7.91. The van der Waals surface area contributed by atoms with Crippen LogP contribution in [0.15, 0.2) is 42.5 Å². The van der Waals surface area contributed by atoms with Crippen molar-refractivity contribution in [2.45, 2.75) is 31.8 Å². The van der Waals surface area contributed by atoms with Crippen LogP contribution in [-0.4, -0.2) is 35.9 Å². The molecule has 0 spiro atoms. The van der Waals surface area contributed by atoms with Gasteiger partial charge in [0.15, 0.2) is 0 Å². The highest BCUT2D eigenvalue weighted by Gasteiger charge is 2.17. The number of aliphatic hydroxyl groups excluding tert-OH is 1. The zero-order valence-corrected chi connectivity index (χ0v) is 18.2. The first kappa shape index (κ1) is 24.3. The number of unbranched alkanes of at least 4 members (excludes halogenated alkanes) is 1. The smallest absolute Gasteiger partial charge is 0.306 e. The Morgan fingerprint density at radius 1 is 1.10 bits per heavy atom. The van der Waals surface area contributed by atoms with Gasteiger partial charge in [-0.15, -0.1) is 0 Å². The zero-order chi connectivity index (χ0) is 21.9. The lowest BCUT2D eigenvalue weighted by molar-refractivity contribution is -0.142. The van der Waals surface area contributed by atoms with E-state index >= 15 is 0 Å². The number of rotatable bonds is 13. The van der Waals surface area contributed by atoms with Gasteiger partial charge in [-0.25, -0.2) is 0 Å². The maximum Gasteiger partial charge on any atom is 0.306 e. The molecule has 164 valence electrons. The highest BCUT2D eigenvalue weighted by Crippen LogP contribution is 2.31. The fourth-order valence-corrected chi connectivity index (χ4v) is 3.52. The van der Waals surface area contributed by atoms with Crippen LogP contribution in [0.25, 0.3) is 0 Å². The molecule has 0 amide bonds. The third kappa shape index (κ3) is 8.03. The molecular weight excluding hydrogens is 427 g/mol. The summed E-state index contributed by atoms with van der Waals surface area (Å²) >= 11 is 12.0. The molecule has 0 fully saturated rings. The standard InChI is InChI=1S/C22H28Cl2N2O4/c23-18-12-16(13-19(24)21(18)25)20(27)14-26-10-5-4-6-15(22(28)29)9-11-30-17-7-2-1-3-8-17/h1-3,7-8,12-13,15,20,26-27H,4-6,9-11,14,25H2,(H,28,29). The maximum atomic E-state index is 11.5. The summed E-state index contributed by atoms with van der Waals surface area (Å²) in [7, 11) is 0. The number of para-hydroxylation sites is 1. The number of nitrogens with one attached hydrogen (secondary N) is 1. The van der Waals surface area contributed by atoms with Gasteiger partial charge < -0.3 is 26.0 Å². The highest BCUT2D eigenvalue weighted by atomic mass is 35.5. The van der Waals surface area contributed by atoms with E-state index in [0.717, 1.165) is 18.6 Å². The van der Waals surface area contributed by atoms with Crippen molar-refractivity contribution in [2.75, 3.05) is 25.4 Å². The number of benzene rings is 2. The minimum Gasteiger partial charge on any atom is -0.494 e. The van der Waals surface area contributed by atoms with Gasteiger partial charge in [0.1, 0.15) is 5.75 Å². The van der Waals surface area contributed by atoms with Gasteiger partial charge in [-0.05, 0) is 55.6 Å². The number of carboxylic acids is 1. The van der Waals surface area contributed by atoms with E-state index in [2.05, 4.69) is 5.32 Å². The lowest BCUT2D eigenvalue weighted by Crippen LogP contribution is -2.23. The van der Waals surface area contributed by atoms with Crippen LogP contribution in [0, 0.1) is 5.92 Å². The molecule has 2 rings (SSSR count). The Hall–Kier alpha value is -1.99. The van der Waals surface area contributed by atoms with Gasteiger partial charge in [0.05, 0.1) is 34.4 Å². The van der Waals surface area contributed by atoms with Crippen LogP contribution in [0.4, 0.5) is 5.69 Å². The first-order valence-corrected chi connectivity index (χ1v) is 10.7. The second kappa shape index (κ2) is 12.6. The van der Waals surface area contributed by atoms with E-state index in [9.17, 15) is 15.0 Å². The number of hydrogen-bond acceptors (Lipinski definition) is 5. The molecule has 5 N–H and O–H groups in total. The van der Waals surface area contributed by atoms with Crippen molar-refractivity contribution in [3.05, 3.63) is 58.1 Å². The Morgan fingerprint density at radius 3 is 2.40 bits per heavy atom. The number of nitrogen functional groups attached to an aromatic ring is 1. The topological polar surface area (TPSA) is 105 Å². The quantitative estimate of drug-likeness (QED) is 0.261. The Morgan fingerprint density at radius 2 is 1.77 bits per heavy atom. The average Bonchev–Trinajstić information content (AvgIpc) is 2.73. The average molecular weight is 455 g/mol. The van der Waals surface area contributed by atoms with Crippen molar-refractivity contribution in [3.8, 4) is 5.75 Å². The Labute approximate surface area is 186 Å². The molecule has 0 heterocycles. The molecule has 2 aromatic rings. The molecule has 2 unspecified atom stereocenters. The molecule has 0 saturated heterocycles. The lowest BCUT2D eigenvalue weighted by Gasteiger charge is -2.15. The number of aliphatic hydroxyl groups is 1. The van der Waals surface area contributed by atoms with Gasteiger partial charge >= 0.3 is 5.97 Å². The SMILES string of the molecule is Nc1c(Cl)cc(C(O)CNCCCCC(CCOc2ccccc2)C(=O)O)cc1Cl. The number of anilines is 1. The number of nitrogens with two attached hydrogens (primary N) is 1. The fourth-order valence-electron chi connectivity index (χ4n) is 3.02. The molecule has 0 bridgehead atoms. The number of carboxylic acid groups (broad SMARTS) is 1. The van der Waals surface area contributed by atoms with Crippen LogP contribution in [0.2, 0.25) is 10.0 Å². The van der Waals surface area contributed by atoms with Crippen LogP contribution in [0.5, 0.6) is 5.75 Å². The van der Waals surface area contributed by atoms with Crippen molar-refractivity contribution in [2.24, 2.45) is 5.92 Å². The molecule has 30 heavy (non-hydrogen) atoms. The summed E-state index contributed by atoms with van der Waals surface area (Å²) in [6, 6.07) is 12.6. The van der Waals surface area contributed by atoms with Crippen molar-refractivity contribution < 1.29 is 19.7 Å². The Kier molecular flexibility index (Phi) is 10.2. The van der Waals surface area contributed by atoms with Crippen LogP contribution in [0.1, 0.15) is 37.4 Å². The minimum absolute atomic E-state index is 0.296. The Bertz CT molecular complexity index is 782. The van der Waals surface area contributed by atoms with Crippen molar-refractivity contribution >= 4 is 34.9 Å². The molecule has 0 aliphatic rings. The first-order chi connectivity index (χ1) is 14.4. The van der Waals surface area contributed by atoms with Crippen molar-refractivity contribution in [3.63, 3.8) is 0 Å². The number of ether oxygens (including phenoxy) is 1. The number of hydrogen-bond donors (Lipinski definition) is 4. The van der Waals surface area contributed by atoms with Gasteiger partial charge in [0.2, 0.25) is 0 Å². The van der Waals surface area contributed by atoms with Crippen molar-refractivity contribution in [1.29, 1.82) is 0 Å². The third-order valence-corrected chi connectivity index (χ3v) is 5.43. The molecule has 2 aromatic carbocycles. The summed E-state index contributed by atoms with van der Waals surface area (Å²) in [5.41, 5.74) is 6.59. The molecule has 0 saturated carbocycles. The number of halogens is 2. The van der Waals surface area contributed by atoms with Crippen LogP contribution >= 0.6 is 23.2 Å². The van der Waals surface area contributed by atoms with Gasteiger partial charge in [-0.3, -0.25) is 4.79 Å². The molecule has 6 nitrogen and oxygen atoms in total. The summed E-state index contributed by atoms with van der Waals surface area (Å²) in [6.45, 7) is 1.38. The van der Waals surface area contributed by atoms with Gasteiger partial charge in [-0.2, -0.15) is 0 Å². The van der Waals surface area contributed by atoms with E-state index in [1.807, 2.05) is 30.3 Å². The van der Waals surface area contributed by atoms with E-state index < -0.39 is 18.0 Å². The first-order valence-electron chi connectivity index (χ1n) is 9.92. The van der Waals surface area contributed by atoms with Gasteiger partial charge in [0, 0.05) is 6.54 Å². The third-order valence-electron chi connectivity index (χ3n) is 4.81. The van der Waals surface area contributed by atoms with E-state index in [1.165, 1.54) is 0 Å². The normalized spacial score (nSPS) is 13.0. The van der Waals surface area contributed by atoms with Crippen LogP contribution in [-0.2, 0) is 4.79 Å². The molecular formula is C22H28Cl2N2O4. The van der Waals surface area contributed by atoms with Crippen LogP contribution in [0.3, 0.4) is 0 Å². The molecule has 0 aliphatic carbocycles. The molecule has 0 aromatic heterocycles. The van der Waals surface area contributed by atoms with E-state index in [4.69, 9.17) is 33.7 Å². The van der Waals surface area contributed by atoms with Crippen LogP contribution < -0.4 is 15.8 Å². The summed E-state index contributed by atoms with van der Waals surface area (Å²) in [5, 5.41) is 23.4. The van der Waals surface area contributed by atoms with Crippen molar-refractivity contribution in [1.82, 2.24) is 5.32 Å². The fraction of sp³-hybridized carbons (Fsp3) is 0.409. The molecule has 0 radical (unpaired) electrons. The molecule has 2 atom stereocenters. The second-order valence-electron chi connectivity index (χ2n) is 7.10. The summed E-state index contributed by atoms with van der Waals surface area (Å²) in [5.74, 6) is -0.487. The Balaban J connectivity index is 1.63. The maximum absolute atomic E-state index is 11.5. The summed E-state index contributed by atoms with van der Waals surface area (Å²) in [4.78, 5) is 11.5. The van der Waals surface area contributed by atoms with Gasteiger partial charge in [0.25, 0.3) is 0 Å². The molecule has 0 aliphatic heterocycles. The van der Waals surface area contributed by atoms with E-state index in [1.54, 1.807) is 12.1 Å². The highest BCUT2D eigenvalue weighted by molar-refractivity contribution is 6.38. The number of carbonyl (C=O) groups is 1. The molecule has 8 heteroatoms. The largest absolute Gasteiger partial charge is 0.494 e. The monoisotopic (exact) mass is 454 g/mol. The lowest BCUT2D eigenvalue weighted by atomic mass is 9.99. The summed E-state index contributed by atoms with van der Waals surface area (Å²) in [6.07, 6.45) is 1.86. The van der Waals surface area contributed by atoms with Gasteiger partial charge in [-0.1, -0.05) is 47.8 Å². The minimum atomic E-state index is -0.799. The predicted molar refractivity (Wildman–Crippen MR) is 120 cm³/mol. The predicted octanol–water partition coefficient (Wildman–Crippen LogP) is 4.54. The summed E-state index contributed by atoms with van der Waals surface area (Å²) < 4.78 is 5.59. The zero-order valence-electron chi connectivity index (χ0n) is 16.7.